The average molecular weight is 470 g/mol. The van der Waals surface area contributed by atoms with Gasteiger partial charge in [-0.1, -0.05) is 6.07 Å². The van der Waals surface area contributed by atoms with Gasteiger partial charge in [0, 0.05) is 38.5 Å². The Morgan fingerprint density at radius 2 is 2.00 bits per heavy atom. The van der Waals surface area contributed by atoms with Crippen LogP contribution in [-0.2, 0) is 16.1 Å². The van der Waals surface area contributed by atoms with Crippen LogP contribution in [0, 0.1) is 19.8 Å². The predicted molar refractivity (Wildman–Crippen MR) is 125 cm³/mol. The Kier molecular flexibility index (Phi) is 8.49. The van der Waals surface area contributed by atoms with Crippen molar-refractivity contribution in [3.05, 3.63) is 60.1 Å². The topological polar surface area (TPSA) is 114 Å². The number of likely N-dealkylation sites (N-methyl/N-ethyl adjacent to an activating group) is 1. The molecule has 11 heteroatoms. The number of hydrogen-bond acceptors (Lipinski definition) is 7. The highest BCUT2D eigenvalue weighted by molar-refractivity contribution is 5.90. The smallest absolute Gasteiger partial charge is 0.244 e. The third kappa shape index (κ3) is 7.54. The summed E-state index contributed by atoms with van der Waals surface area (Å²) in [5, 5.41) is 9.93. The highest BCUT2D eigenvalue weighted by Crippen LogP contribution is 2.12. The summed E-state index contributed by atoms with van der Waals surface area (Å²) in [6, 6.07) is 6.54. The Hall–Kier alpha value is -4.02. The molecule has 0 saturated heterocycles. The molecular formula is C23H28FN7O3. The van der Waals surface area contributed by atoms with E-state index in [0.717, 1.165) is 5.56 Å². The van der Waals surface area contributed by atoms with Crippen molar-refractivity contribution in [1.82, 2.24) is 24.6 Å². The molecule has 0 aromatic carbocycles. The molecule has 3 heterocycles. The summed E-state index contributed by atoms with van der Waals surface area (Å²) in [6.07, 6.45) is 4.99. The van der Waals surface area contributed by atoms with E-state index in [9.17, 15) is 14.0 Å². The lowest BCUT2D eigenvalue weighted by atomic mass is 10.3. The number of aryl methyl sites for hydroxylation is 2. The molecule has 0 fully saturated rings. The molecule has 0 saturated carbocycles. The summed E-state index contributed by atoms with van der Waals surface area (Å²) in [6.45, 7) is 4.75. The second kappa shape index (κ2) is 11.7. The summed E-state index contributed by atoms with van der Waals surface area (Å²) in [5.74, 6) is -0.395. The lowest BCUT2D eigenvalue weighted by molar-refractivity contribution is -0.131. The Labute approximate surface area is 197 Å². The zero-order valence-corrected chi connectivity index (χ0v) is 19.4. The first kappa shape index (κ1) is 24.6. The molecule has 0 aliphatic rings. The fourth-order valence-corrected chi connectivity index (χ4v) is 2.98. The molecule has 0 radical (unpaired) electrons. The van der Waals surface area contributed by atoms with Gasteiger partial charge in [-0.15, -0.1) is 0 Å². The van der Waals surface area contributed by atoms with Crippen LogP contribution in [0.25, 0.3) is 0 Å². The summed E-state index contributed by atoms with van der Waals surface area (Å²) in [5.41, 5.74) is 2.73. The Morgan fingerprint density at radius 3 is 2.74 bits per heavy atom. The molecule has 0 aliphatic carbocycles. The van der Waals surface area contributed by atoms with E-state index in [0.29, 0.717) is 42.6 Å². The molecule has 34 heavy (non-hydrogen) atoms. The predicted octanol–water partition coefficient (Wildman–Crippen LogP) is 2.41. The average Bonchev–Trinajstić information content (AvgIpc) is 3.23. The Bertz CT molecular complexity index is 1120. The normalized spacial score (nSPS) is 10.6. The van der Waals surface area contributed by atoms with Gasteiger partial charge in [-0.3, -0.25) is 14.3 Å². The highest BCUT2D eigenvalue weighted by atomic mass is 19.1. The Balaban J connectivity index is 1.37. The SMILES string of the molecule is Cc1ccc(OCCN(C)C(=O)Cn2cc(NC(=O)CCNc3ccc(F)nc3C)cn2)nc1. The van der Waals surface area contributed by atoms with Crippen molar-refractivity contribution in [2.24, 2.45) is 0 Å². The van der Waals surface area contributed by atoms with Crippen molar-refractivity contribution in [2.45, 2.75) is 26.8 Å². The summed E-state index contributed by atoms with van der Waals surface area (Å²) in [7, 11) is 1.69. The summed E-state index contributed by atoms with van der Waals surface area (Å²) >= 11 is 0. The van der Waals surface area contributed by atoms with Gasteiger partial charge in [0.15, 0.2) is 0 Å². The molecular weight excluding hydrogens is 441 g/mol. The van der Waals surface area contributed by atoms with E-state index < -0.39 is 5.95 Å². The number of aromatic nitrogens is 4. The van der Waals surface area contributed by atoms with Gasteiger partial charge in [0.05, 0.1) is 29.8 Å². The molecule has 0 bridgehead atoms. The van der Waals surface area contributed by atoms with E-state index in [2.05, 4.69) is 25.7 Å². The number of rotatable bonds is 11. The van der Waals surface area contributed by atoms with Crippen LogP contribution >= 0.6 is 0 Å². The second-order valence-electron chi connectivity index (χ2n) is 7.76. The fourth-order valence-electron chi connectivity index (χ4n) is 2.98. The summed E-state index contributed by atoms with van der Waals surface area (Å²) < 4.78 is 20.1. The third-order valence-corrected chi connectivity index (χ3v) is 4.92. The lowest BCUT2D eigenvalue weighted by Gasteiger charge is -2.17. The maximum absolute atomic E-state index is 13.1. The second-order valence-corrected chi connectivity index (χ2v) is 7.76. The van der Waals surface area contributed by atoms with Crippen molar-refractivity contribution in [3.8, 4) is 5.88 Å². The molecule has 3 aromatic rings. The maximum Gasteiger partial charge on any atom is 0.244 e. The number of halogens is 1. The zero-order chi connectivity index (χ0) is 24.5. The first-order chi connectivity index (χ1) is 16.3. The monoisotopic (exact) mass is 469 g/mol. The minimum atomic E-state index is -0.546. The van der Waals surface area contributed by atoms with E-state index in [4.69, 9.17) is 4.74 Å². The van der Waals surface area contributed by atoms with Crippen LogP contribution < -0.4 is 15.4 Å². The number of hydrogen-bond donors (Lipinski definition) is 2. The molecule has 3 rings (SSSR count). The number of carbonyl (C=O) groups is 2. The van der Waals surface area contributed by atoms with Crippen LogP contribution in [0.15, 0.2) is 42.9 Å². The number of nitrogens with zero attached hydrogens (tertiary/aromatic N) is 5. The number of amides is 2. The Morgan fingerprint density at radius 1 is 1.18 bits per heavy atom. The van der Waals surface area contributed by atoms with Crippen LogP contribution in [0.5, 0.6) is 5.88 Å². The van der Waals surface area contributed by atoms with Gasteiger partial charge in [-0.05, 0) is 31.5 Å². The quantitative estimate of drug-likeness (QED) is 0.415. The van der Waals surface area contributed by atoms with Crippen LogP contribution in [0.2, 0.25) is 0 Å². The maximum atomic E-state index is 13.1. The molecule has 0 atom stereocenters. The molecule has 0 unspecified atom stereocenters. The standard InChI is InChI=1S/C23H28FN7O3/c1-16-4-7-22(26-12-16)34-11-10-30(3)23(33)15-31-14-18(13-27-31)29-21(32)8-9-25-19-5-6-20(24)28-17(19)2/h4-7,12-14,25H,8-11,15H2,1-3H3,(H,29,32). The third-order valence-electron chi connectivity index (χ3n) is 4.92. The number of pyridine rings is 2. The van der Waals surface area contributed by atoms with E-state index >= 15 is 0 Å². The largest absolute Gasteiger partial charge is 0.476 e. The minimum absolute atomic E-state index is 0.0353. The molecule has 3 aromatic heterocycles. The number of anilines is 2. The van der Waals surface area contributed by atoms with Gasteiger partial charge in [0.25, 0.3) is 0 Å². The molecule has 0 spiro atoms. The number of nitrogens with one attached hydrogen (secondary N) is 2. The van der Waals surface area contributed by atoms with Crippen molar-refractivity contribution in [1.29, 1.82) is 0 Å². The van der Waals surface area contributed by atoms with E-state index in [1.54, 1.807) is 43.4 Å². The highest BCUT2D eigenvalue weighted by Gasteiger charge is 2.12. The van der Waals surface area contributed by atoms with Gasteiger partial charge in [0.2, 0.25) is 23.6 Å². The van der Waals surface area contributed by atoms with Crippen molar-refractivity contribution >= 4 is 23.2 Å². The van der Waals surface area contributed by atoms with E-state index in [1.165, 1.54) is 16.9 Å². The molecule has 2 amide bonds. The van der Waals surface area contributed by atoms with Crippen LogP contribution in [0.4, 0.5) is 15.8 Å². The van der Waals surface area contributed by atoms with Crippen LogP contribution in [0.3, 0.4) is 0 Å². The molecule has 0 aliphatic heterocycles. The number of carbonyl (C=O) groups excluding carboxylic acids is 2. The fraction of sp³-hybridized carbons (Fsp3) is 0.348. The van der Waals surface area contributed by atoms with Crippen molar-refractivity contribution in [3.63, 3.8) is 0 Å². The number of ether oxygens (including phenoxy) is 1. The van der Waals surface area contributed by atoms with Gasteiger partial charge < -0.3 is 20.3 Å². The molecule has 2 N–H and O–H groups in total. The molecule has 10 nitrogen and oxygen atoms in total. The zero-order valence-electron chi connectivity index (χ0n) is 19.4. The van der Waals surface area contributed by atoms with E-state index in [1.807, 2.05) is 13.0 Å². The van der Waals surface area contributed by atoms with Crippen molar-refractivity contribution in [2.75, 3.05) is 37.4 Å². The van der Waals surface area contributed by atoms with E-state index in [-0.39, 0.29) is 24.8 Å². The van der Waals surface area contributed by atoms with Gasteiger partial charge in [0.1, 0.15) is 13.2 Å². The summed E-state index contributed by atoms with van der Waals surface area (Å²) in [4.78, 5) is 34.0. The van der Waals surface area contributed by atoms with Crippen molar-refractivity contribution < 1.29 is 18.7 Å². The lowest BCUT2D eigenvalue weighted by Crippen LogP contribution is -2.33. The first-order valence-corrected chi connectivity index (χ1v) is 10.8. The molecule has 180 valence electrons. The van der Waals surface area contributed by atoms with Gasteiger partial charge in [-0.2, -0.15) is 9.49 Å². The first-order valence-electron chi connectivity index (χ1n) is 10.8. The van der Waals surface area contributed by atoms with Crippen LogP contribution in [0.1, 0.15) is 17.7 Å². The minimum Gasteiger partial charge on any atom is -0.476 e. The van der Waals surface area contributed by atoms with Crippen LogP contribution in [-0.4, -0.2) is 63.2 Å². The van der Waals surface area contributed by atoms with Gasteiger partial charge >= 0.3 is 0 Å². The van der Waals surface area contributed by atoms with Gasteiger partial charge in [-0.25, -0.2) is 9.97 Å².